The number of ether oxygens (including phenoxy) is 2. The number of methoxy groups -OCH3 is 1. The first-order valence-electron chi connectivity index (χ1n) is 6.39. The molecular weight excluding hydrogens is 262 g/mol. The van der Waals surface area contributed by atoms with E-state index in [2.05, 4.69) is 5.32 Å². The minimum Gasteiger partial charge on any atom is -0.497 e. The highest BCUT2D eigenvalue weighted by atomic mass is 16.5. The van der Waals surface area contributed by atoms with Gasteiger partial charge in [0.2, 0.25) is 0 Å². The molecule has 0 bridgehead atoms. The zero-order valence-electron chi connectivity index (χ0n) is 11.6. The van der Waals surface area contributed by atoms with Gasteiger partial charge in [-0.05, 0) is 18.6 Å². The molecule has 110 valence electrons. The Hall–Kier alpha value is -2.24. The predicted molar refractivity (Wildman–Crippen MR) is 73.4 cm³/mol. The second-order valence-corrected chi connectivity index (χ2v) is 4.11. The standard InChI is InChI=1S/C14H19NO5/c1-3-8-20-12-9-10(19-2)4-5-11(12)14(18)15-7-6-13(16)17/h4-5,9H,3,6-8H2,1-2H3,(H,15,18)(H,16,17). The van der Waals surface area contributed by atoms with E-state index in [4.69, 9.17) is 14.6 Å². The molecule has 0 unspecified atom stereocenters. The normalized spacial score (nSPS) is 9.90. The Kier molecular flexibility index (Phi) is 6.36. The Labute approximate surface area is 117 Å². The molecular formula is C14H19NO5. The second kappa shape index (κ2) is 8.04. The molecule has 0 aliphatic rings. The first-order chi connectivity index (χ1) is 9.58. The average molecular weight is 281 g/mol. The van der Waals surface area contributed by atoms with Gasteiger partial charge in [0.05, 0.1) is 25.7 Å². The van der Waals surface area contributed by atoms with Crippen molar-refractivity contribution >= 4 is 11.9 Å². The highest BCUT2D eigenvalue weighted by Gasteiger charge is 2.13. The largest absolute Gasteiger partial charge is 0.497 e. The van der Waals surface area contributed by atoms with Gasteiger partial charge >= 0.3 is 5.97 Å². The number of nitrogens with one attached hydrogen (secondary N) is 1. The van der Waals surface area contributed by atoms with Crippen LogP contribution in [0.4, 0.5) is 0 Å². The Morgan fingerprint density at radius 1 is 1.35 bits per heavy atom. The Bertz CT molecular complexity index is 473. The Morgan fingerprint density at radius 3 is 2.70 bits per heavy atom. The number of carboxylic acids is 1. The van der Waals surface area contributed by atoms with Crippen molar-refractivity contribution in [3.8, 4) is 11.5 Å². The van der Waals surface area contributed by atoms with Crippen LogP contribution in [0.15, 0.2) is 18.2 Å². The summed E-state index contributed by atoms with van der Waals surface area (Å²) in [7, 11) is 1.53. The van der Waals surface area contributed by atoms with Crippen LogP contribution < -0.4 is 14.8 Å². The summed E-state index contributed by atoms with van der Waals surface area (Å²) in [5.41, 5.74) is 0.365. The molecule has 1 aromatic rings. The number of benzene rings is 1. The maximum atomic E-state index is 12.0. The molecule has 0 saturated heterocycles. The zero-order valence-corrected chi connectivity index (χ0v) is 11.6. The minimum atomic E-state index is -0.956. The van der Waals surface area contributed by atoms with Gasteiger partial charge in [-0.15, -0.1) is 0 Å². The van der Waals surface area contributed by atoms with E-state index >= 15 is 0 Å². The van der Waals surface area contributed by atoms with Gasteiger partial charge in [0.15, 0.2) is 0 Å². The molecule has 0 fully saturated rings. The van der Waals surface area contributed by atoms with E-state index in [1.165, 1.54) is 7.11 Å². The third-order valence-corrected chi connectivity index (χ3v) is 2.52. The fraction of sp³-hybridized carbons (Fsp3) is 0.429. The molecule has 0 aliphatic heterocycles. The summed E-state index contributed by atoms with van der Waals surface area (Å²) >= 11 is 0. The fourth-order valence-electron chi connectivity index (χ4n) is 1.53. The molecule has 1 amide bonds. The van der Waals surface area contributed by atoms with E-state index in [1.54, 1.807) is 18.2 Å². The van der Waals surface area contributed by atoms with E-state index in [0.29, 0.717) is 23.7 Å². The lowest BCUT2D eigenvalue weighted by atomic mass is 10.1. The van der Waals surface area contributed by atoms with Gasteiger partial charge < -0.3 is 19.9 Å². The van der Waals surface area contributed by atoms with Gasteiger partial charge in [-0.1, -0.05) is 6.92 Å². The number of carbonyl (C=O) groups is 2. The van der Waals surface area contributed by atoms with E-state index < -0.39 is 5.97 Å². The number of hydrogen-bond acceptors (Lipinski definition) is 4. The molecule has 0 heterocycles. The summed E-state index contributed by atoms with van der Waals surface area (Å²) in [6, 6.07) is 4.90. The Morgan fingerprint density at radius 2 is 2.10 bits per heavy atom. The molecule has 2 N–H and O–H groups in total. The van der Waals surface area contributed by atoms with E-state index in [-0.39, 0.29) is 18.9 Å². The van der Waals surface area contributed by atoms with Crippen molar-refractivity contribution in [1.82, 2.24) is 5.32 Å². The van der Waals surface area contributed by atoms with E-state index in [1.807, 2.05) is 6.92 Å². The molecule has 20 heavy (non-hydrogen) atoms. The maximum absolute atomic E-state index is 12.0. The molecule has 1 rings (SSSR count). The monoisotopic (exact) mass is 281 g/mol. The first-order valence-corrected chi connectivity index (χ1v) is 6.39. The van der Waals surface area contributed by atoms with Crippen molar-refractivity contribution in [3.05, 3.63) is 23.8 Å². The van der Waals surface area contributed by atoms with Crippen molar-refractivity contribution in [2.24, 2.45) is 0 Å². The van der Waals surface area contributed by atoms with Gasteiger partial charge in [-0.2, -0.15) is 0 Å². The van der Waals surface area contributed by atoms with Gasteiger partial charge in [0, 0.05) is 12.6 Å². The summed E-state index contributed by atoms with van der Waals surface area (Å²) in [4.78, 5) is 22.4. The van der Waals surface area contributed by atoms with Crippen LogP contribution in [-0.2, 0) is 4.79 Å². The number of amides is 1. The van der Waals surface area contributed by atoms with Crippen LogP contribution in [0.5, 0.6) is 11.5 Å². The number of carboxylic acid groups (broad SMARTS) is 1. The quantitative estimate of drug-likeness (QED) is 0.757. The fourth-order valence-corrected chi connectivity index (χ4v) is 1.53. The van der Waals surface area contributed by atoms with Crippen molar-refractivity contribution in [2.45, 2.75) is 19.8 Å². The van der Waals surface area contributed by atoms with Gasteiger partial charge in [0.1, 0.15) is 11.5 Å². The minimum absolute atomic E-state index is 0.0768. The predicted octanol–water partition coefficient (Wildman–Crippen LogP) is 1.69. The molecule has 1 aromatic carbocycles. The van der Waals surface area contributed by atoms with Crippen molar-refractivity contribution in [3.63, 3.8) is 0 Å². The summed E-state index contributed by atoms with van der Waals surface area (Å²) < 4.78 is 10.6. The van der Waals surface area contributed by atoms with Gasteiger partial charge in [0.25, 0.3) is 5.91 Å². The van der Waals surface area contributed by atoms with Gasteiger partial charge in [-0.25, -0.2) is 0 Å². The molecule has 0 radical (unpaired) electrons. The summed E-state index contributed by atoms with van der Waals surface area (Å²) in [5.74, 6) is -0.292. The third-order valence-electron chi connectivity index (χ3n) is 2.52. The molecule has 6 heteroatoms. The second-order valence-electron chi connectivity index (χ2n) is 4.11. The SMILES string of the molecule is CCCOc1cc(OC)ccc1C(=O)NCCC(=O)O. The van der Waals surface area contributed by atoms with E-state index in [0.717, 1.165) is 6.42 Å². The number of carbonyl (C=O) groups excluding carboxylic acids is 1. The zero-order chi connectivity index (χ0) is 15.0. The lowest BCUT2D eigenvalue weighted by Crippen LogP contribution is -2.26. The molecule has 0 atom stereocenters. The topological polar surface area (TPSA) is 84.9 Å². The average Bonchev–Trinajstić information content (AvgIpc) is 2.44. The van der Waals surface area contributed by atoms with Crippen LogP contribution in [0.2, 0.25) is 0 Å². The van der Waals surface area contributed by atoms with Gasteiger partial charge in [-0.3, -0.25) is 9.59 Å². The van der Waals surface area contributed by atoms with Crippen LogP contribution in [-0.4, -0.2) is 37.2 Å². The van der Waals surface area contributed by atoms with Crippen molar-refractivity contribution in [1.29, 1.82) is 0 Å². The van der Waals surface area contributed by atoms with Crippen LogP contribution in [0.3, 0.4) is 0 Å². The first kappa shape index (κ1) is 15.8. The summed E-state index contributed by atoms with van der Waals surface area (Å²) in [5, 5.41) is 11.1. The third kappa shape index (κ3) is 4.79. The van der Waals surface area contributed by atoms with Crippen LogP contribution in [0, 0.1) is 0 Å². The Balaban J connectivity index is 2.80. The molecule has 0 saturated carbocycles. The summed E-state index contributed by atoms with van der Waals surface area (Å²) in [6.07, 6.45) is 0.699. The highest BCUT2D eigenvalue weighted by Crippen LogP contribution is 2.25. The van der Waals surface area contributed by atoms with Crippen LogP contribution >= 0.6 is 0 Å². The lowest BCUT2D eigenvalue weighted by Gasteiger charge is -2.12. The molecule has 0 spiro atoms. The highest BCUT2D eigenvalue weighted by molar-refractivity contribution is 5.97. The lowest BCUT2D eigenvalue weighted by molar-refractivity contribution is -0.136. The van der Waals surface area contributed by atoms with Crippen molar-refractivity contribution < 1.29 is 24.2 Å². The number of hydrogen-bond donors (Lipinski definition) is 2. The number of rotatable bonds is 8. The smallest absolute Gasteiger partial charge is 0.305 e. The summed E-state index contributed by atoms with van der Waals surface area (Å²) in [6.45, 7) is 2.53. The van der Waals surface area contributed by atoms with E-state index in [9.17, 15) is 9.59 Å². The maximum Gasteiger partial charge on any atom is 0.305 e. The molecule has 0 aromatic heterocycles. The van der Waals surface area contributed by atoms with Crippen LogP contribution in [0.25, 0.3) is 0 Å². The molecule has 0 aliphatic carbocycles. The van der Waals surface area contributed by atoms with Crippen molar-refractivity contribution in [2.75, 3.05) is 20.3 Å². The van der Waals surface area contributed by atoms with Crippen LogP contribution in [0.1, 0.15) is 30.1 Å². The number of aliphatic carboxylic acids is 1. The molecule has 6 nitrogen and oxygen atoms in total.